The van der Waals surface area contributed by atoms with Crippen LogP contribution in [0.25, 0.3) is 0 Å². The number of ether oxygens (including phenoxy) is 1. The van der Waals surface area contributed by atoms with Crippen LogP contribution < -0.4 is 9.64 Å². The number of benzene rings is 2. The van der Waals surface area contributed by atoms with Crippen LogP contribution in [0, 0.1) is 0 Å². The number of hydrogen-bond donors (Lipinski definition) is 1. The summed E-state index contributed by atoms with van der Waals surface area (Å²) in [5.74, 6) is -0.205. The van der Waals surface area contributed by atoms with Crippen molar-refractivity contribution >= 4 is 17.6 Å². The second-order valence-electron chi connectivity index (χ2n) is 8.18. The van der Waals surface area contributed by atoms with Crippen LogP contribution in [0.15, 0.2) is 73.1 Å². The zero-order valence-corrected chi connectivity index (χ0v) is 17.4. The van der Waals surface area contributed by atoms with E-state index < -0.39 is 5.97 Å². The molecule has 0 radical (unpaired) electrons. The summed E-state index contributed by atoms with van der Waals surface area (Å²) < 4.78 is 6.33. The van der Waals surface area contributed by atoms with Gasteiger partial charge in [0, 0.05) is 31.9 Å². The minimum atomic E-state index is -0.950. The van der Waals surface area contributed by atoms with Gasteiger partial charge in [-0.2, -0.15) is 0 Å². The van der Waals surface area contributed by atoms with Gasteiger partial charge in [0.25, 0.3) is 0 Å². The Bertz CT molecular complexity index is 1130. The first-order valence-corrected chi connectivity index (χ1v) is 10.6. The number of hydrogen-bond acceptors (Lipinski definition) is 5. The molecule has 32 heavy (non-hydrogen) atoms. The van der Waals surface area contributed by atoms with Crippen LogP contribution in [0.1, 0.15) is 27.9 Å². The van der Waals surface area contributed by atoms with Crippen molar-refractivity contribution in [3.05, 3.63) is 89.7 Å². The molecule has 7 heteroatoms. The molecular weight excluding hydrogens is 406 g/mol. The normalized spacial score (nSPS) is 20.2. The summed E-state index contributed by atoms with van der Waals surface area (Å²) in [5, 5.41) is 9.13. The topological polar surface area (TPSA) is 83.0 Å². The number of pyridine rings is 1. The Kier molecular flexibility index (Phi) is 5.33. The Morgan fingerprint density at radius 3 is 2.59 bits per heavy atom. The molecule has 0 aliphatic carbocycles. The fourth-order valence-corrected chi connectivity index (χ4v) is 4.46. The number of rotatable bonds is 5. The van der Waals surface area contributed by atoms with Crippen LogP contribution in [-0.2, 0) is 17.9 Å². The molecule has 2 aliphatic heterocycles. The Balaban J connectivity index is 1.44. The van der Waals surface area contributed by atoms with Gasteiger partial charge in [0.05, 0.1) is 23.8 Å². The lowest BCUT2D eigenvalue weighted by Gasteiger charge is -2.32. The maximum Gasteiger partial charge on any atom is 0.335 e. The summed E-state index contributed by atoms with van der Waals surface area (Å²) in [6.07, 6.45) is 4.02. The minimum Gasteiger partial charge on any atom is -0.487 e. The van der Waals surface area contributed by atoms with E-state index in [1.807, 2.05) is 36.4 Å². The van der Waals surface area contributed by atoms with Crippen LogP contribution >= 0.6 is 0 Å². The van der Waals surface area contributed by atoms with E-state index in [1.165, 1.54) is 0 Å². The van der Waals surface area contributed by atoms with E-state index in [9.17, 15) is 9.59 Å². The van der Waals surface area contributed by atoms with Crippen LogP contribution in [-0.4, -0.2) is 45.6 Å². The highest BCUT2D eigenvalue weighted by Crippen LogP contribution is 2.37. The zero-order chi connectivity index (χ0) is 22.1. The average Bonchev–Trinajstić information content (AvgIpc) is 3.21. The number of fused-ring (bicyclic) bond motifs is 3. The van der Waals surface area contributed by atoms with Gasteiger partial charge in [0.15, 0.2) is 0 Å². The Hall–Kier alpha value is -3.71. The van der Waals surface area contributed by atoms with E-state index >= 15 is 0 Å². The van der Waals surface area contributed by atoms with Crippen molar-refractivity contribution < 1.29 is 19.4 Å². The van der Waals surface area contributed by atoms with E-state index in [2.05, 4.69) is 9.88 Å². The number of carbonyl (C=O) groups excluding carboxylic acids is 1. The summed E-state index contributed by atoms with van der Waals surface area (Å²) in [7, 11) is 0. The van der Waals surface area contributed by atoms with Gasteiger partial charge in [-0.1, -0.05) is 30.3 Å². The number of anilines is 1. The quantitative estimate of drug-likeness (QED) is 0.670. The number of carboxylic acid groups (broad SMARTS) is 1. The highest BCUT2D eigenvalue weighted by molar-refractivity contribution is 5.99. The molecule has 2 atom stereocenters. The van der Waals surface area contributed by atoms with Gasteiger partial charge in [0.2, 0.25) is 5.91 Å². The van der Waals surface area contributed by atoms with Crippen molar-refractivity contribution in [3.63, 3.8) is 0 Å². The van der Waals surface area contributed by atoms with Crippen molar-refractivity contribution in [3.8, 4) is 5.75 Å². The van der Waals surface area contributed by atoms with Crippen molar-refractivity contribution in [1.29, 1.82) is 0 Å². The highest BCUT2D eigenvalue weighted by Gasteiger charge is 2.42. The second-order valence-corrected chi connectivity index (χ2v) is 8.18. The lowest BCUT2D eigenvalue weighted by atomic mass is 10.1. The van der Waals surface area contributed by atoms with Crippen molar-refractivity contribution in [2.24, 2.45) is 0 Å². The molecule has 1 fully saturated rings. The molecule has 0 unspecified atom stereocenters. The van der Waals surface area contributed by atoms with Gasteiger partial charge in [0.1, 0.15) is 11.9 Å². The first-order chi connectivity index (χ1) is 15.6. The van der Waals surface area contributed by atoms with E-state index in [-0.39, 0.29) is 23.6 Å². The van der Waals surface area contributed by atoms with E-state index in [0.29, 0.717) is 31.8 Å². The third-order valence-corrected chi connectivity index (χ3v) is 6.02. The molecule has 2 aromatic carbocycles. The molecule has 2 aliphatic rings. The predicted octanol–water partition coefficient (Wildman–Crippen LogP) is 3.35. The predicted molar refractivity (Wildman–Crippen MR) is 119 cm³/mol. The average molecular weight is 429 g/mol. The maximum absolute atomic E-state index is 13.8. The molecule has 3 aromatic rings. The molecular formula is C25H23N3O4. The summed E-state index contributed by atoms with van der Waals surface area (Å²) >= 11 is 0. The number of para-hydroxylation sites is 2. The Morgan fingerprint density at radius 1 is 1.03 bits per heavy atom. The molecule has 7 nitrogen and oxygen atoms in total. The second kappa shape index (κ2) is 8.43. The molecule has 0 spiro atoms. The fraction of sp³-hybridized carbons (Fsp3) is 0.240. The molecule has 0 saturated carbocycles. The third kappa shape index (κ3) is 3.94. The number of carboxylic acids is 1. The largest absolute Gasteiger partial charge is 0.487 e. The van der Waals surface area contributed by atoms with Crippen LogP contribution in [0.2, 0.25) is 0 Å². The van der Waals surface area contributed by atoms with E-state index in [1.54, 1.807) is 41.6 Å². The zero-order valence-electron chi connectivity index (χ0n) is 17.4. The van der Waals surface area contributed by atoms with Crippen molar-refractivity contribution in [2.75, 3.05) is 11.4 Å². The van der Waals surface area contributed by atoms with Crippen LogP contribution in [0.4, 0.5) is 5.69 Å². The van der Waals surface area contributed by atoms with Crippen molar-refractivity contribution in [1.82, 2.24) is 9.88 Å². The van der Waals surface area contributed by atoms with Gasteiger partial charge in [-0.15, -0.1) is 0 Å². The van der Waals surface area contributed by atoms with E-state index in [4.69, 9.17) is 9.84 Å². The van der Waals surface area contributed by atoms with Crippen LogP contribution in [0.5, 0.6) is 5.75 Å². The molecule has 1 amide bonds. The minimum absolute atomic E-state index is 0.0364. The highest BCUT2D eigenvalue weighted by atomic mass is 16.5. The van der Waals surface area contributed by atoms with Gasteiger partial charge in [-0.3, -0.25) is 14.7 Å². The maximum atomic E-state index is 13.8. The molecule has 1 aromatic heterocycles. The number of likely N-dealkylation sites (tertiary alicyclic amines) is 1. The monoisotopic (exact) mass is 429 g/mol. The number of aromatic nitrogens is 1. The lowest BCUT2D eigenvalue weighted by molar-refractivity contribution is -0.123. The summed E-state index contributed by atoms with van der Waals surface area (Å²) in [4.78, 5) is 33.0. The van der Waals surface area contributed by atoms with E-state index in [0.717, 1.165) is 16.8 Å². The van der Waals surface area contributed by atoms with Gasteiger partial charge >= 0.3 is 5.97 Å². The summed E-state index contributed by atoms with van der Waals surface area (Å²) in [6, 6.07) is 18.0. The first kappa shape index (κ1) is 20.2. The number of aromatic carboxylic acids is 1. The molecule has 3 heterocycles. The molecule has 5 rings (SSSR count). The molecule has 2 bridgehead atoms. The van der Waals surface area contributed by atoms with Crippen LogP contribution in [0.3, 0.4) is 0 Å². The SMILES string of the molecule is O=C(O)c1ccc(CN2C[C@@H]3C[C@H]2C(=O)N(Cc2cccnc2)c2ccccc2O3)cc1. The first-order valence-electron chi connectivity index (χ1n) is 10.6. The standard InChI is InChI=1S/C25H23N3O4/c29-24-22-12-20(16-27(22)14-17-7-9-19(10-8-17)25(30)31)32-23-6-2-1-5-21(23)28(24)15-18-4-3-11-26-13-18/h1-11,13,20,22H,12,14-16H2,(H,30,31)/t20-,22-/m0/s1. The molecule has 1 saturated heterocycles. The smallest absolute Gasteiger partial charge is 0.335 e. The molecule has 162 valence electrons. The summed E-state index contributed by atoms with van der Waals surface area (Å²) in [5.41, 5.74) is 2.93. The Labute approximate surface area is 185 Å². The van der Waals surface area contributed by atoms with Gasteiger partial charge in [-0.05, 0) is 41.5 Å². The number of amides is 1. The Morgan fingerprint density at radius 2 is 1.84 bits per heavy atom. The molecule has 1 N–H and O–H groups in total. The van der Waals surface area contributed by atoms with Crippen molar-refractivity contribution in [2.45, 2.75) is 31.7 Å². The number of carbonyl (C=O) groups is 2. The summed E-state index contributed by atoms with van der Waals surface area (Å²) in [6.45, 7) is 1.59. The number of nitrogens with zero attached hydrogens (tertiary/aromatic N) is 3. The van der Waals surface area contributed by atoms with Gasteiger partial charge < -0.3 is 14.7 Å². The lowest BCUT2D eigenvalue weighted by Crippen LogP contribution is -2.45. The van der Waals surface area contributed by atoms with Gasteiger partial charge in [-0.25, -0.2) is 4.79 Å². The fourth-order valence-electron chi connectivity index (χ4n) is 4.46. The third-order valence-electron chi connectivity index (χ3n) is 6.02.